The van der Waals surface area contributed by atoms with Gasteiger partial charge in [0.15, 0.2) is 0 Å². The van der Waals surface area contributed by atoms with Gasteiger partial charge in [-0.1, -0.05) is 12.1 Å². The number of para-hydroxylation sites is 1. The Bertz CT molecular complexity index is 564. The van der Waals surface area contributed by atoms with Crippen molar-refractivity contribution < 1.29 is 13.2 Å². The summed E-state index contributed by atoms with van der Waals surface area (Å²) in [4.78, 5) is 3.77. The number of hydrogen-bond donors (Lipinski definition) is 0. The van der Waals surface area contributed by atoms with Crippen LogP contribution < -0.4 is 0 Å². The summed E-state index contributed by atoms with van der Waals surface area (Å²) in [5.74, 6) is -1.69. The molecule has 0 fully saturated rings. The molecule has 17 heavy (non-hydrogen) atoms. The molecule has 0 heterocycles. The summed E-state index contributed by atoms with van der Waals surface area (Å²) in [7, 11) is 0. The van der Waals surface area contributed by atoms with Gasteiger partial charge in [-0.3, -0.25) is 4.99 Å². The highest BCUT2D eigenvalue weighted by molar-refractivity contribution is 5.82. The van der Waals surface area contributed by atoms with Crippen molar-refractivity contribution in [3.8, 4) is 0 Å². The van der Waals surface area contributed by atoms with E-state index in [0.717, 1.165) is 24.4 Å². The summed E-state index contributed by atoms with van der Waals surface area (Å²) in [5, 5.41) is 0. The van der Waals surface area contributed by atoms with Crippen LogP contribution in [-0.2, 0) is 0 Å². The first-order valence-corrected chi connectivity index (χ1v) is 4.90. The molecule has 2 rings (SSSR count). The molecule has 0 aliphatic rings. The smallest absolute Gasteiger partial charge is 0.148 e. The second kappa shape index (κ2) is 4.82. The molecule has 0 amide bonds. The topological polar surface area (TPSA) is 12.4 Å². The standard InChI is InChI=1S/C13H8F3N/c14-10-5-6-11(15)9(7-10)8-17-13-4-2-1-3-12(13)16/h1-8H. The third kappa shape index (κ3) is 2.72. The maximum atomic E-state index is 13.2. The van der Waals surface area contributed by atoms with Gasteiger partial charge >= 0.3 is 0 Å². The van der Waals surface area contributed by atoms with E-state index in [1.165, 1.54) is 18.2 Å². The molecule has 0 aliphatic heterocycles. The van der Waals surface area contributed by atoms with Gasteiger partial charge in [-0.05, 0) is 30.3 Å². The summed E-state index contributed by atoms with van der Waals surface area (Å²) in [6, 6.07) is 8.83. The normalized spacial score (nSPS) is 11.0. The maximum Gasteiger partial charge on any atom is 0.148 e. The van der Waals surface area contributed by atoms with Crippen LogP contribution in [0, 0.1) is 17.5 Å². The van der Waals surface area contributed by atoms with E-state index in [0.29, 0.717) is 0 Å². The Labute approximate surface area is 96.2 Å². The van der Waals surface area contributed by atoms with Crippen molar-refractivity contribution in [1.82, 2.24) is 0 Å². The molecule has 4 heteroatoms. The van der Waals surface area contributed by atoms with Crippen LogP contribution in [0.5, 0.6) is 0 Å². The molecule has 2 aromatic carbocycles. The molecule has 0 radical (unpaired) electrons. The summed E-state index contributed by atoms with van der Waals surface area (Å²) in [6.07, 6.45) is 1.09. The van der Waals surface area contributed by atoms with Gasteiger partial charge < -0.3 is 0 Å². The Morgan fingerprint density at radius 2 is 1.65 bits per heavy atom. The van der Waals surface area contributed by atoms with Crippen molar-refractivity contribution in [1.29, 1.82) is 0 Å². The third-order valence-electron chi connectivity index (χ3n) is 2.15. The Hall–Kier alpha value is -2.10. The van der Waals surface area contributed by atoms with Crippen molar-refractivity contribution >= 4 is 11.9 Å². The summed E-state index contributed by atoms with van der Waals surface area (Å²) >= 11 is 0. The fourth-order valence-electron chi connectivity index (χ4n) is 1.31. The fraction of sp³-hybridized carbons (Fsp3) is 0. The van der Waals surface area contributed by atoms with Crippen LogP contribution in [0.15, 0.2) is 47.5 Å². The molecule has 0 bridgehead atoms. The van der Waals surface area contributed by atoms with E-state index in [1.54, 1.807) is 6.07 Å². The molecule has 0 N–H and O–H groups in total. The average molecular weight is 235 g/mol. The van der Waals surface area contributed by atoms with Gasteiger partial charge in [-0.2, -0.15) is 0 Å². The van der Waals surface area contributed by atoms with Gasteiger partial charge in [0, 0.05) is 11.8 Å². The van der Waals surface area contributed by atoms with Crippen LogP contribution in [0.25, 0.3) is 0 Å². The van der Waals surface area contributed by atoms with Crippen molar-refractivity contribution in [2.75, 3.05) is 0 Å². The van der Waals surface area contributed by atoms with Gasteiger partial charge in [0.25, 0.3) is 0 Å². The highest BCUT2D eigenvalue weighted by Crippen LogP contribution is 2.16. The minimum absolute atomic E-state index is 0.0201. The monoisotopic (exact) mass is 235 g/mol. The van der Waals surface area contributed by atoms with Gasteiger partial charge in [0.2, 0.25) is 0 Å². The van der Waals surface area contributed by atoms with Crippen LogP contribution >= 0.6 is 0 Å². The van der Waals surface area contributed by atoms with Gasteiger partial charge in [0.05, 0.1) is 5.69 Å². The molecule has 0 aliphatic carbocycles. The summed E-state index contributed by atoms with van der Waals surface area (Å²) < 4.78 is 39.3. The number of nitrogens with zero attached hydrogens (tertiary/aromatic N) is 1. The Balaban J connectivity index is 2.32. The fourth-order valence-corrected chi connectivity index (χ4v) is 1.31. The molecule has 1 nitrogen and oxygen atoms in total. The van der Waals surface area contributed by atoms with E-state index >= 15 is 0 Å². The van der Waals surface area contributed by atoms with Crippen LogP contribution in [0.4, 0.5) is 18.9 Å². The molecule has 0 atom stereocenters. The lowest BCUT2D eigenvalue weighted by atomic mass is 10.2. The molecular weight excluding hydrogens is 227 g/mol. The highest BCUT2D eigenvalue weighted by Gasteiger charge is 2.02. The Morgan fingerprint density at radius 1 is 0.882 bits per heavy atom. The molecule has 0 unspecified atom stereocenters. The minimum atomic E-state index is -0.605. The van der Waals surface area contributed by atoms with Gasteiger partial charge in [0.1, 0.15) is 17.5 Å². The molecule has 0 saturated carbocycles. The number of halogens is 3. The van der Waals surface area contributed by atoms with Crippen molar-refractivity contribution in [2.24, 2.45) is 4.99 Å². The average Bonchev–Trinajstić information content (AvgIpc) is 2.32. The molecule has 86 valence electrons. The van der Waals surface area contributed by atoms with E-state index in [2.05, 4.69) is 4.99 Å². The predicted octanol–water partition coefficient (Wildman–Crippen LogP) is 3.85. The molecule has 0 aromatic heterocycles. The molecule has 0 spiro atoms. The van der Waals surface area contributed by atoms with E-state index in [-0.39, 0.29) is 11.3 Å². The second-order valence-electron chi connectivity index (χ2n) is 3.38. The zero-order chi connectivity index (χ0) is 12.3. The first-order valence-electron chi connectivity index (χ1n) is 4.90. The van der Waals surface area contributed by atoms with E-state index in [1.807, 2.05) is 0 Å². The van der Waals surface area contributed by atoms with E-state index < -0.39 is 17.5 Å². The zero-order valence-corrected chi connectivity index (χ0v) is 8.70. The molecule has 0 saturated heterocycles. The largest absolute Gasteiger partial charge is 0.253 e. The van der Waals surface area contributed by atoms with Crippen LogP contribution in [0.2, 0.25) is 0 Å². The molecule has 2 aromatic rings. The first-order chi connectivity index (χ1) is 8.16. The zero-order valence-electron chi connectivity index (χ0n) is 8.70. The predicted molar refractivity (Wildman–Crippen MR) is 60.0 cm³/mol. The van der Waals surface area contributed by atoms with Gasteiger partial charge in [-0.25, -0.2) is 13.2 Å². The Kier molecular flexibility index (Phi) is 3.23. The number of aliphatic imine (C=N–C) groups is 1. The van der Waals surface area contributed by atoms with E-state index in [9.17, 15) is 13.2 Å². The minimum Gasteiger partial charge on any atom is -0.253 e. The van der Waals surface area contributed by atoms with Crippen molar-refractivity contribution in [3.63, 3.8) is 0 Å². The van der Waals surface area contributed by atoms with Crippen LogP contribution in [0.1, 0.15) is 5.56 Å². The Morgan fingerprint density at radius 3 is 2.41 bits per heavy atom. The third-order valence-corrected chi connectivity index (χ3v) is 2.15. The lowest BCUT2D eigenvalue weighted by Crippen LogP contribution is -1.89. The van der Waals surface area contributed by atoms with Crippen LogP contribution in [-0.4, -0.2) is 6.21 Å². The van der Waals surface area contributed by atoms with Crippen LogP contribution in [0.3, 0.4) is 0 Å². The quantitative estimate of drug-likeness (QED) is 0.701. The number of hydrogen-bond acceptors (Lipinski definition) is 1. The van der Waals surface area contributed by atoms with Gasteiger partial charge in [-0.15, -0.1) is 0 Å². The number of rotatable bonds is 2. The lowest BCUT2D eigenvalue weighted by molar-refractivity contribution is 0.598. The second-order valence-corrected chi connectivity index (χ2v) is 3.38. The highest BCUT2D eigenvalue weighted by atomic mass is 19.1. The summed E-state index contributed by atoms with van der Waals surface area (Å²) in [6.45, 7) is 0. The summed E-state index contributed by atoms with van der Waals surface area (Å²) in [5.41, 5.74) is 0.0596. The number of benzene rings is 2. The van der Waals surface area contributed by atoms with E-state index in [4.69, 9.17) is 0 Å². The lowest BCUT2D eigenvalue weighted by Gasteiger charge is -1.97. The molecular formula is C13H8F3N. The maximum absolute atomic E-state index is 13.2. The SMILES string of the molecule is Fc1ccc(F)c(C=Nc2ccccc2F)c1. The van der Waals surface area contributed by atoms with Crippen molar-refractivity contribution in [2.45, 2.75) is 0 Å². The van der Waals surface area contributed by atoms with Crippen molar-refractivity contribution in [3.05, 3.63) is 65.5 Å². The first kappa shape index (κ1) is 11.4.